The molecule has 0 spiro atoms. The Bertz CT molecular complexity index is 438. The molecular weight excluding hydrogens is 250 g/mol. The molecule has 110 valence electrons. The second-order valence-corrected chi connectivity index (χ2v) is 5.66. The van der Waals surface area contributed by atoms with Crippen molar-refractivity contribution in [1.29, 1.82) is 0 Å². The zero-order valence-electron chi connectivity index (χ0n) is 12.4. The summed E-state index contributed by atoms with van der Waals surface area (Å²) >= 11 is 0. The van der Waals surface area contributed by atoms with E-state index in [4.69, 9.17) is 0 Å². The molecule has 0 heterocycles. The monoisotopic (exact) mass is 275 g/mol. The molecule has 1 aliphatic carbocycles. The first-order valence-electron chi connectivity index (χ1n) is 7.42. The van der Waals surface area contributed by atoms with Crippen molar-refractivity contribution in [3.05, 3.63) is 35.9 Å². The maximum Gasteiger partial charge on any atom is 0.191 e. The van der Waals surface area contributed by atoms with Crippen molar-refractivity contribution in [3.63, 3.8) is 0 Å². The van der Waals surface area contributed by atoms with Crippen LogP contribution in [0.4, 0.5) is 0 Å². The summed E-state index contributed by atoms with van der Waals surface area (Å²) in [4.78, 5) is 4.51. The van der Waals surface area contributed by atoms with Gasteiger partial charge in [0.25, 0.3) is 0 Å². The van der Waals surface area contributed by atoms with Gasteiger partial charge in [0.05, 0.1) is 6.54 Å². The summed E-state index contributed by atoms with van der Waals surface area (Å²) in [5, 5.41) is 17.1. The number of aliphatic imine (C=N–C) groups is 1. The Kier molecular flexibility index (Phi) is 5.01. The fourth-order valence-electron chi connectivity index (χ4n) is 2.03. The van der Waals surface area contributed by atoms with E-state index in [0.29, 0.717) is 6.54 Å². The second kappa shape index (κ2) is 6.75. The summed E-state index contributed by atoms with van der Waals surface area (Å²) in [5.41, 5.74) is -0.0507. The van der Waals surface area contributed by atoms with Gasteiger partial charge >= 0.3 is 0 Å². The highest BCUT2D eigenvalue weighted by molar-refractivity contribution is 5.79. The minimum Gasteiger partial charge on any atom is -0.384 e. The fraction of sp³-hybridized carbons (Fsp3) is 0.562. The lowest BCUT2D eigenvalue weighted by atomic mass is 9.96. The van der Waals surface area contributed by atoms with Crippen molar-refractivity contribution in [3.8, 4) is 0 Å². The maximum absolute atomic E-state index is 10.5. The summed E-state index contributed by atoms with van der Waals surface area (Å²) in [6.45, 7) is 5.99. The molecule has 1 atom stereocenters. The quantitative estimate of drug-likeness (QED) is 0.548. The Hall–Kier alpha value is -1.55. The second-order valence-electron chi connectivity index (χ2n) is 5.66. The van der Waals surface area contributed by atoms with Crippen LogP contribution in [0.2, 0.25) is 0 Å². The predicted molar refractivity (Wildman–Crippen MR) is 82.7 cm³/mol. The summed E-state index contributed by atoms with van der Waals surface area (Å²) in [6, 6.07) is 9.68. The molecule has 1 saturated carbocycles. The Labute approximate surface area is 121 Å². The molecule has 2 rings (SSSR count). The molecule has 3 N–H and O–H groups in total. The average molecular weight is 275 g/mol. The van der Waals surface area contributed by atoms with Crippen LogP contribution < -0.4 is 10.6 Å². The molecule has 0 saturated heterocycles. The Morgan fingerprint density at radius 1 is 1.30 bits per heavy atom. The minimum atomic E-state index is -0.941. The zero-order valence-corrected chi connectivity index (χ0v) is 12.4. The van der Waals surface area contributed by atoms with E-state index in [2.05, 4.69) is 15.6 Å². The molecule has 0 radical (unpaired) electrons. The van der Waals surface area contributed by atoms with Crippen molar-refractivity contribution >= 4 is 5.96 Å². The van der Waals surface area contributed by atoms with Crippen molar-refractivity contribution in [1.82, 2.24) is 10.6 Å². The van der Waals surface area contributed by atoms with Gasteiger partial charge < -0.3 is 15.7 Å². The molecule has 0 bridgehead atoms. The summed E-state index contributed by atoms with van der Waals surface area (Å²) in [5.74, 6) is 1.59. The number of nitrogens with zero attached hydrogens (tertiary/aromatic N) is 1. The fourth-order valence-corrected chi connectivity index (χ4v) is 2.03. The lowest BCUT2D eigenvalue weighted by Gasteiger charge is -2.22. The van der Waals surface area contributed by atoms with Crippen LogP contribution in [0, 0.1) is 5.92 Å². The van der Waals surface area contributed by atoms with Crippen LogP contribution in [-0.4, -0.2) is 30.7 Å². The van der Waals surface area contributed by atoms with Crippen LogP contribution in [0.15, 0.2) is 35.3 Å². The van der Waals surface area contributed by atoms with Crippen LogP contribution in [0.25, 0.3) is 0 Å². The van der Waals surface area contributed by atoms with E-state index < -0.39 is 5.60 Å². The smallest absolute Gasteiger partial charge is 0.191 e. The number of hydrogen-bond acceptors (Lipinski definition) is 2. The molecule has 4 nitrogen and oxygen atoms in total. The first-order chi connectivity index (χ1) is 9.62. The largest absolute Gasteiger partial charge is 0.384 e. The third-order valence-electron chi connectivity index (χ3n) is 3.54. The Morgan fingerprint density at radius 3 is 2.60 bits per heavy atom. The van der Waals surface area contributed by atoms with Gasteiger partial charge in [-0.05, 0) is 38.2 Å². The predicted octanol–water partition coefficient (Wildman–Crippen LogP) is 1.86. The molecule has 20 heavy (non-hydrogen) atoms. The molecule has 4 heteroatoms. The van der Waals surface area contributed by atoms with E-state index in [-0.39, 0.29) is 0 Å². The van der Waals surface area contributed by atoms with Crippen LogP contribution >= 0.6 is 0 Å². The molecule has 1 aromatic carbocycles. The number of guanidine groups is 1. The number of rotatable bonds is 6. The van der Waals surface area contributed by atoms with Crippen molar-refractivity contribution in [2.24, 2.45) is 10.9 Å². The first kappa shape index (κ1) is 14.9. The number of aliphatic hydroxyl groups is 1. The Morgan fingerprint density at radius 2 is 2.00 bits per heavy atom. The van der Waals surface area contributed by atoms with E-state index in [1.54, 1.807) is 6.92 Å². The van der Waals surface area contributed by atoms with Crippen molar-refractivity contribution in [2.75, 3.05) is 19.6 Å². The highest BCUT2D eigenvalue weighted by Crippen LogP contribution is 2.27. The van der Waals surface area contributed by atoms with Crippen LogP contribution in [0.5, 0.6) is 0 Å². The summed E-state index contributed by atoms with van der Waals surface area (Å²) < 4.78 is 0. The number of hydrogen-bond donors (Lipinski definition) is 3. The van der Waals surface area contributed by atoms with E-state index >= 15 is 0 Å². The highest BCUT2D eigenvalue weighted by atomic mass is 16.3. The van der Waals surface area contributed by atoms with Gasteiger partial charge in [-0.15, -0.1) is 0 Å². The van der Waals surface area contributed by atoms with E-state index in [1.165, 1.54) is 12.8 Å². The normalized spacial score (nSPS) is 18.4. The third kappa shape index (κ3) is 4.53. The number of benzene rings is 1. The molecule has 1 unspecified atom stereocenters. The van der Waals surface area contributed by atoms with Crippen LogP contribution in [0.1, 0.15) is 32.3 Å². The molecule has 0 aromatic heterocycles. The standard InChI is InChI=1S/C16H25N3O/c1-3-17-15(18-11-13-9-10-13)19-12-16(2,20)14-7-5-4-6-8-14/h4-8,13,20H,3,9-12H2,1-2H3,(H2,17,18,19). The molecule has 1 aliphatic rings. The number of nitrogens with one attached hydrogen (secondary N) is 2. The van der Waals surface area contributed by atoms with Gasteiger partial charge in [-0.1, -0.05) is 30.3 Å². The minimum absolute atomic E-state index is 0.344. The Balaban J connectivity index is 1.95. The molecule has 0 amide bonds. The molecule has 1 fully saturated rings. The highest BCUT2D eigenvalue weighted by Gasteiger charge is 2.23. The van der Waals surface area contributed by atoms with Gasteiger partial charge in [-0.2, -0.15) is 0 Å². The topological polar surface area (TPSA) is 56.7 Å². The van der Waals surface area contributed by atoms with Gasteiger partial charge in [-0.3, -0.25) is 0 Å². The van der Waals surface area contributed by atoms with E-state index in [1.807, 2.05) is 37.3 Å². The van der Waals surface area contributed by atoms with Crippen LogP contribution in [0.3, 0.4) is 0 Å². The van der Waals surface area contributed by atoms with Gasteiger partial charge in [0, 0.05) is 13.1 Å². The molecular formula is C16H25N3O. The van der Waals surface area contributed by atoms with Crippen molar-refractivity contribution in [2.45, 2.75) is 32.3 Å². The zero-order chi connectivity index (χ0) is 14.4. The lowest BCUT2D eigenvalue weighted by Crippen LogP contribution is -2.39. The van der Waals surface area contributed by atoms with Crippen molar-refractivity contribution < 1.29 is 5.11 Å². The molecule has 1 aromatic rings. The van der Waals surface area contributed by atoms with E-state index in [9.17, 15) is 5.11 Å². The van der Waals surface area contributed by atoms with Gasteiger partial charge in [0.15, 0.2) is 5.96 Å². The van der Waals surface area contributed by atoms with E-state index in [0.717, 1.165) is 30.5 Å². The molecule has 0 aliphatic heterocycles. The van der Waals surface area contributed by atoms with Gasteiger partial charge in [0.1, 0.15) is 5.60 Å². The van der Waals surface area contributed by atoms with Gasteiger partial charge in [0.2, 0.25) is 0 Å². The van der Waals surface area contributed by atoms with Crippen LogP contribution in [-0.2, 0) is 5.60 Å². The SMILES string of the molecule is CCNC(=NCC(C)(O)c1ccccc1)NCC1CC1. The first-order valence-corrected chi connectivity index (χ1v) is 7.42. The average Bonchev–Trinajstić information content (AvgIpc) is 3.27. The van der Waals surface area contributed by atoms with Gasteiger partial charge in [-0.25, -0.2) is 4.99 Å². The lowest BCUT2D eigenvalue weighted by molar-refractivity contribution is 0.0672. The summed E-state index contributed by atoms with van der Waals surface area (Å²) in [7, 11) is 0. The third-order valence-corrected chi connectivity index (χ3v) is 3.54. The maximum atomic E-state index is 10.5. The summed E-state index contributed by atoms with van der Waals surface area (Å²) in [6.07, 6.45) is 2.63.